The molecule has 0 saturated carbocycles. The average Bonchev–Trinajstić information content (AvgIpc) is 2.85. The summed E-state index contributed by atoms with van der Waals surface area (Å²) in [4.78, 5) is 5.68. The van der Waals surface area contributed by atoms with Crippen LogP contribution >= 0.6 is 24.0 Å². The van der Waals surface area contributed by atoms with Crippen LogP contribution in [0, 0.1) is 0 Å². The van der Waals surface area contributed by atoms with Gasteiger partial charge in [0.15, 0.2) is 5.96 Å². The zero-order chi connectivity index (χ0) is 15.7. The first-order valence-corrected chi connectivity index (χ1v) is 7.36. The fourth-order valence-electron chi connectivity index (χ4n) is 2.17. The van der Waals surface area contributed by atoms with Crippen LogP contribution in [0.3, 0.4) is 0 Å². The Balaban J connectivity index is 0.00000441. The Morgan fingerprint density at radius 3 is 2.50 bits per heavy atom. The Morgan fingerprint density at radius 1 is 1.32 bits per heavy atom. The summed E-state index contributed by atoms with van der Waals surface area (Å²) in [5.74, 6) is 0.740. The second kappa shape index (κ2) is 11.1. The van der Waals surface area contributed by atoms with Gasteiger partial charge in [0.1, 0.15) is 0 Å². The van der Waals surface area contributed by atoms with E-state index in [2.05, 4.69) is 27.8 Å². The number of guanidine groups is 1. The molecule has 2 N–H and O–H groups in total. The molecule has 1 aliphatic carbocycles. The summed E-state index contributed by atoms with van der Waals surface area (Å²) in [6.07, 6.45) is 2.70. The van der Waals surface area contributed by atoms with Crippen LogP contribution in [0.4, 0.5) is 13.2 Å². The Hall–Kier alpha value is -0.510. The van der Waals surface area contributed by atoms with Crippen LogP contribution in [0.15, 0.2) is 17.1 Å². The maximum atomic E-state index is 12.2. The lowest BCUT2D eigenvalue weighted by molar-refractivity contribution is -0.143. The van der Waals surface area contributed by atoms with E-state index in [9.17, 15) is 13.2 Å². The highest BCUT2D eigenvalue weighted by Gasteiger charge is 2.28. The van der Waals surface area contributed by atoms with Gasteiger partial charge in [0.05, 0.1) is 6.54 Å². The molecule has 0 aromatic heterocycles. The van der Waals surface area contributed by atoms with Gasteiger partial charge in [0, 0.05) is 19.1 Å². The Kier molecular flexibility index (Phi) is 10.8. The predicted molar refractivity (Wildman–Crippen MR) is 94.9 cm³/mol. The van der Waals surface area contributed by atoms with Gasteiger partial charge in [-0.05, 0) is 39.8 Å². The van der Waals surface area contributed by atoms with Crippen LogP contribution in [0.1, 0.15) is 26.2 Å². The second-order valence-electron chi connectivity index (χ2n) is 5.25. The third-order valence-electron chi connectivity index (χ3n) is 3.11. The Labute approximate surface area is 147 Å². The van der Waals surface area contributed by atoms with E-state index in [4.69, 9.17) is 0 Å². The molecular formula is C14H26F3IN4. The van der Waals surface area contributed by atoms with Gasteiger partial charge in [0.25, 0.3) is 0 Å². The highest BCUT2D eigenvalue weighted by molar-refractivity contribution is 14.0. The zero-order valence-corrected chi connectivity index (χ0v) is 15.4. The fraction of sp³-hybridized carbons (Fsp3) is 0.786. The van der Waals surface area contributed by atoms with Gasteiger partial charge in [-0.25, -0.2) is 0 Å². The minimum absolute atomic E-state index is 0. The molecule has 0 fully saturated rings. The largest absolute Gasteiger partial charge is 0.401 e. The van der Waals surface area contributed by atoms with Crippen molar-refractivity contribution >= 4 is 29.9 Å². The van der Waals surface area contributed by atoms with Crippen LogP contribution in [0.25, 0.3) is 0 Å². The van der Waals surface area contributed by atoms with Gasteiger partial charge >= 0.3 is 6.18 Å². The van der Waals surface area contributed by atoms with Crippen LogP contribution in [-0.4, -0.2) is 56.3 Å². The number of alkyl halides is 3. The summed E-state index contributed by atoms with van der Waals surface area (Å²) in [7, 11) is 1.48. The van der Waals surface area contributed by atoms with Crippen molar-refractivity contribution in [3.63, 3.8) is 0 Å². The smallest absolute Gasteiger partial charge is 0.357 e. The van der Waals surface area contributed by atoms with E-state index < -0.39 is 12.7 Å². The molecule has 0 saturated heterocycles. The average molecular weight is 434 g/mol. The first-order valence-electron chi connectivity index (χ1n) is 7.36. The van der Waals surface area contributed by atoms with Crippen molar-refractivity contribution in [1.82, 2.24) is 15.5 Å². The molecule has 0 bridgehead atoms. The minimum atomic E-state index is -4.13. The van der Waals surface area contributed by atoms with Crippen molar-refractivity contribution in [1.29, 1.82) is 0 Å². The first kappa shape index (κ1) is 21.5. The van der Waals surface area contributed by atoms with E-state index in [1.165, 1.54) is 11.9 Å². The zero-order valence-electron chi connectivity index (χ0n) is 13.1. The van der Waals surface area contributed by atoms with Crippen molar-refractivity contribution in [3.8, 4) is 0 Å². The van der Waals surface area contributed by atoms with Crippen molar-refractivity contribution in [3.05, 3.63) is 12.2 Å². The van der Waals surface area contributed by atoms with Gasteiger partial charge in [-0.3, -0.25) is 9.89 Å². The third-order valence-corrected chi connectivity index (χ3v) is 3.11. The summed E-state index contributed by atoms with van der Waals surface area (Å²) >= 11 is 0. The number of hydrogen-bond acceptors (Lipinski definition) is 2. The fourth-order valence-corrected chi connectivity index (χ4v) is 2.17. The minimum Gasteiger partial charge on any atom is -0.357 e. The Morgan fingerprint density at radius 2 is 1.95 bits per heavy atom. The van der Waals surface area contributed by atoms with Crippen molar-refractivity contribution in [2.24, 2.45) is 4.99 Å². The standard InChI is InChI=1S/C14H25F3N4.HI/c1-3-18-13(20-12-7-4-5-8-12)19-9-6-10-21(2)11-14(15,16)17;/h4-5,12H,3,6-11H2,1-2H3,(H2,18,19,20);1H. The predicted octanol–water partition coefficient (Wildman–Crippen LogP) is 2.76. The molecule has 0 amide bonds. The number of hydrogen-bond donors (Lipinski definition) is 2. The lowest BCUT2D eigenvalue weighted by atomic mass is 10.2. The molecular weight excluding hydrogens is 408 g/mol. The molecule has 0 aromatic carbocycles. The highest BCUT2D eigenvalue weighted by Crippen LogP contribution is 2.15. The van der Waals surface area contributed by atoms with E-state index in [-0.39, 0.29) is 24.0 Å². The lowest BCUT2D eigenvalue weighted by Crippen LogP contribution is -2.42. The molecule has 0 atom stereocenters. The third kappa shape index (κ3) is 10.3. The van der Waals surface area contributed by atoms with E-state index in [1.54, 1.807) is 0 Å². The summed E-state index contributed by atoms with van der Waals surface area (Å²) in [6.45, 7) is 2.77. The van der Waals surface area contributed by atoms with Gasteiger partial charge in [0.2, 0.25) is 0 Å². The summed E-state index contributed by atoms with van der Waals surface area (Å²) in [6, 6.07) is 0.371. The number of rotatable bonds is 7. The first-order chi connectivity index (χ1) is 9.90. The molecule has 0 aliphatic heterocycles. The molecule has 0 heterocycles. The van der Waals surface area contributed by atoms with Crippen molar-refractivity contribution < 1.29 is 13.2 Å². The molecule has 0 aromatic rings. The van der Waals surface area contributed by atoms with Crippen LogP contribution in [0.2, 0.25) is 0 Å². The number of nitrogens with one attached hydrogen (secondary N) is 2. The quantitative estimate of drug-likeness (QED) is 0.213. The molecule has 4 nitrogen and oxygen atoms in total. The summed E-state index contributed by atoms with van der Waals surface area (Å²) in [5, 5.41) is 6.48. The molecule has 0 unspecified atom stereocenters. The van der Waals surface area contributed by atoms with Gasteiger partial charge in [-0.2, -0.15) is 13.2 Å². The topological polar surface area (TPSA) is 39.7 Å². The van der Waals surface area contributed by atoms with Crippen molar-refractivity contribution in [2.75, 3.05) is 33.2 Å². The van der Waals surface area contributed by atoms with Crippen LogP contribution < -0.4 is 10.6 Å². The van der Waals surface area contributed by atoms with Crippen LogP contribution in [0.5, 0.6) is 0 Å². The van der Waals surface area contributed by atoms with Crippen LogP contribution in [-0.2, 0) is 0 Å². The van der Waals surface area contributed by atoms with Gasteiger partial charge in [-0.1, -0.05) is 12.2 Å². The van der Waals surface area contributed by atoms with E-state index in [1.807, 2.05) is 6.92 Å². The van der Waals surface area contributed by atoms with Gasteiger partial charge in [-0.15, -0.1) is 24.0 Å². The lowest BCUT2D eigenvalue weighted by Gasteiger charge is -2.18. The Bertz CT molecular complexity index is 350. The molecule has 1 rings (SSSR count). The molecule has 0 spiro atoms. The highest BCUT2D eigenvalue weighted by atomic mass is 127. The molecule has 8 heteroatoms. The SMILES string of the molecule is CCNC(=NCCCN(C)CC(F)(F)F)NC1CC=CC1.I. The normalized spacial score (nSPS) is 16.0. The number of nitrogens with zero attached hydrogens (tertiary/aromatic N) is 2. The van der Waals surface area contributed by atoms with E-state index >= 15 is 0 Å². The van der Waals surface area contributed by atoms with Gasteiger partial charge < -0.3 is 10.6 Å². The second-order valence-corrected chi connectivity index (χ2v) is 5.25. The molecule has 22 heavy (non-hydrogen) atoms. The maximum Gasteiger partial charge on any atom is 0.401 e. The van der Waals surface area contributed by atoms with Crippen molar-refractivity contribution in [2.45, 2.75) is 38.4 Å². The number of aliphatic imine (C=N–C) groups is 1. The summed E-state index contributed by atoms with van der Waals surface area (Å²) in [5.41, 5.74) is 0. The summed E-state index contributed by atoms with van der Waals surface area (Å²) < 4.78 is 36.5. The molecule has 0 radical (unpaired) electrons. The number of halogens is 4. The monoisotopic (exact) mass is 434 g/mol. The molecule has 130 valence electrons. The van der Waals surface area contributed by atoms with E-state index in [0.29, 0.717) is 25.6 Å². The molecule has 1 aliphatic rings. The van der Waals surface area contributed by atoms with E-state index in [0.717, 1.165) is 25.3 Å². The maximum absolute atomic E-state index is 12.2.